The van der Waals surface area contributed by atoms with E-state index in [0.29, 0.717) is 24.0 Å². The zero-order valence-corrected chi connectivity index (χ0v) is 17.6. The second-order valence-corrected chi connectivity index (χ2v) is 7.84. The molecule has 6 nitrogen and oxygen atoms in total. The van der Waals surface area contributed by atoms with Crippen molar-refractivity contribution in [1.82, 2.24) is 4.90 Å². The van der Waals surface area contributed by atoms with E-state index >= 15 is 0 Å². The van der Waals surface area contributed by atoms with Crippen LogP contribution in [0.5, 0.6) is 11.5 Å². The van der Waals surface area contributed by atoms with Crippen LogP contribution in [0.2, 0.25) is 5.02 Å². The Kier molecular flexibility index (Phi) is 5.81. The highest BCUT2D eigenvalue weighted by atomic mass is 35.5. The van der Waals surface area contributed by atoms with E-state index in [1.165, 1.54) is 19.2 Å². The summed E-state index contributed by atoms with van der Waals surface area (Å²) in [6.45, 7) is 2.87. The van der Waals surface area contributed by atoms with Gasteiger partial charge in [0.15, 0.2) is 11.6 Å². The highest BCUT2D eigenvalue weighted by molar-refractivity contribution is 6.31. The zero-order valence-electron chi connectivity index (χ0n) is 16.8. The molecule has 0 aliphatic carbocycles. The summed E-state index contributed by atoms with van der Waals surface area (Å²) in [5, 5.41) is 3.88. The fourth-order valence-corrected chi connectivity index (χ4v) is 4.13. The van der Waals surface area contributed by atoms with Crippen LogP contribution in [0.1, 0.15) is 30.1 Å². The third-order valence-corrected chi connectivity index (χ3v) is 5.75. The van der Waals surface area contributed by atoms with Crippen molar-refractivity contribution < 1.29 is 18.7 Å². The van der Waals surface area contributed by atoms with Crippen molar-refractivity contribution in [2.24, 2.45) is 4.99 Å². The third kappa shape index (κ3) is 3.94. The quantitative estimate of drug-likeness (QED) is 0.783. The Labute approximate surface area is 179 Å². The molecular formula is C22H23ClFN3O3. The number of likely N-dealkylation sites (tertiary alicyclic amines) is 1. The number of amides is 1. The highest BCUT2D eigenvalue weighted by Crippen LogP contribution is 2.32. The molecule has 1 amide bonds. The second kappa shape index (κ2) is 8.52. The summed E-state index contributed by atoms with van der Waals surface area (Å²) in [4.78, 5) is 19.7. The molecule has 2 aliphatic heterocycles. The number of fused-ring (bicyclic) bond motifs is 1. The van der Waals surface area contributed by atoms with Gasteiger partial charge in [-0.25, -0.2) is 4.39 Å². The maximum absolute atomic E-state index is 14.1. The average Bonchev–Trinajstić information content (AvgIpc) is 2.74. The van der Waals surface area contributed by atoms with Crippen molar-refractivity contribution in [3.63, 3.8) is 0 Å². The Morgan fingerprint density at radius 2 is 2.20 bits per heavy atom. The largest absolute Gasteiger partial charge is 0.493 e. The number of amidine groups is 1. The van der Waals surface area contributed by atoms with Gasteiger partial charge in [-0.05, 0) is 50.1 Å². The normalized spacial score (nSPS) is 22.1. The maximum atomic E-state index is 14.1. The number of rotatable bonds is 3. The minimum atomic E-state index is -0.550. The molecule has 1 N–H and O–H groups in total. The fraction of sp³-hybridized carbons (Fsp3) is 0.364. The van der Waals surface area contributed by atoms with Crippen LogP contribution in [0.3, 0.4) is 0 Å². The second-order valence-electron chi connectivity index (χ2n) is 7.40. The Morgan fingerprint density at radius 3 is 3.00 bits per heavy atom. The number of methoxy groups -OCH3 is 1. The number of ether oxygens (including phenoxy) is 2. The van der Waals surface area contributed by atoms with Gasteiger partial charge in [0.25, 0.3) is 5.91 Å². The number of carbonyl (C=O) groups is 1. The Balaban J connectivity index is 1.54. The third-order valence-electron chi connectivity index (χ3n) is 5.52. The van der Waals surface area contributed by atoms with Crippen LogP contribution in [0, 0.1) is 5.82 Å². The molecule has 4 rings (SSSR count). The van der Waals surface area contributed by atoms with E-state index in [4.69, 9.17) is 26.1 Å². The van der Waals surface area contributed by atoms with Crippen LogP contribution in [0.4, 0.5) is 10.1 Å². The minimum Gasteiger partial charge on any atom is -0.493 e. The molecule has 2 heterocycles. The van der Waals surface area contributed by atoms with Gasteiger partial charge in [-0.15, -0.1) is 0 Å². The summed E-state index contributed by atoms with van der Waals surface area (Å²) >= 11 is 6.07. The number of hydrogen-bond acceptors (Lipinski definition) is 4. The predicted molar refractivity (Wildman–Crippen MR) is 114 cm³/mol. The van der Waals surface area contributed by atoms with Crippen molar-refractivity contribution in [3.05, 3.63) is 52.8 Å². The number of nitrogens with one attached hydrogen (secondary N) is 1. The number of para-hydroxylation sites is 1. The van der Waals surface area contributed by atoms with E-state index in [0.717, 1.165) is 24.3 Å². The molecule has 1 fully saturated rings. The molecule has 0 spiro atoms. The van der Waals surface area contributed by atoms with E-state index in [-0.39, 0.29) is 29.3 Å². The number of nitrogens with zero attached hydrogens (tertiary/aromatic N) is 2. The summed E-state index contributed by atoms with van der Waals surface area (Å²) in [5.74, 6) is 0.586. The number of anilines is 1. The van der Waals surface area contributed by atoms with Crippen LogP contribution < -0.4 is 14.8 Å². The van der Waals surface area contributed by atoms with Crippen LogP contribution in [0.25, 0.3) is 0 Å². The molecule has 30 heavy (non-hydrogen) atoms. The molecule has 2 aliphatic rings. The number of hydrogen-bond donors (Lipinski definition) is 1. The van der Waals surface area contributed by atoms with Crippen molar-refractivity contribution >= 4 is 29.0 Å². The number of carbonyl (C=O) groups excluding carboxylic acids is 1. The topological polar surface area (TPSA) is 63.2 Å². The van der Waals surface area contributed by atoms with E-state index in [2.05, 4.69) is 5.32 Å². The monoisotopic (exact) mass is 431 g/mol. The summed E-state index contributed by atoms with van der Waals surface area (Å²) in [7, 11) is 1.36. The van der Waals surface area contributed by atoms with Crippen LogP contribution in [-0.2, 0) is 0 Å². The smallest absolute Gasteiger partial charge is 0.258 e. The summed E-state index contributed by atoms with van der Waals surface area (Å²) in [6, 6.07) is 9.51. The van der Waals surface area contributed by atoms with Crippen molar-refractivity contribution in [3.8, 4) is 11.5 Å². The Hall–Kier alpha value is -2.80. The predicted octanol–water partition coefficient (Wildman–Crippen LogP) is 4.38. The van der Waals surface area contributed by atoms with Crippen LogP contribution in [0.15, 0.2) is 41.4 Å². The summed E-state index contributed by atoms with van der Waals surface area (Å²) in [6.07, 6.45) is 1.65. The van der Waals surface area contributed by atoms with Gasteiger partial charge < -0.3 is 19.7 Å². The van der Waals surface area contributed by atoms with Crippen LogP contribution in [-0.4, -0.2) is 49.0 Å². The van der Waals surface area contributed by atoms with Gasteiger partial charge in [0.2, 0.25) is 0 Å². The molecule has 0 radical (unpaired) electrons. The van der Waals surface area contributed by atoms with E-state index in [9.17, 15) is 9.18 Å². The first-order chi connectivity index (χ1) is 14.5. The molecule has 0 aromatic heterocycles. The minimum absolute atomic E-state index is 0.0287. The maximum Gasteiger partial charge on any atom is 0.258 e. The van der Waals surface area contributed by atoms with Gasteiger partial charge in [-0.1, -0.05) is 17.7 Å². The first-order valence-corrected chi connectivity index (χ1v) is 10.2. The van der Waals surface area contributed by atoms with Gasteiger partial charge in [0, 0.05) is 11.6 Å². The number of aliphatic imine (C=N–C) groups is 1. The lowest BCUT2D eigenvalue weighted by molar-refractivity contribution is 0.0602. The number of halogens is 2. The molecule has 8 heteroatoms. The molecule has 0 unspecified atom stereocenters. The number of benzene rings is 2. The van der Waals surface area contributed by atoms with Gasteiger partial charge in [-0.2, -0.15) is 0 Å². The molecule has 0 bridgehead atoms. The first-order valence-electron chi connectivity index (χ1n) is 9.87. The lowest BCUT2D eigenvalue weighted by Gasteiger charge is -2.38. The summed E-state index contributed by atoms with van der Waals surface area (Å²) in [5.41, 5.74) is 0.994. The lowest BCUT2D eigenvalue weighted by Crippen LogP contribution is -2.49. The summed E-state index contributed by atoms with van der Waals surface area (Å²) < 4.78 is 25.0. The SMILES string of the molecule is COc1c(F)cccc1C(=O)N1CCC[C@@H](N=C2COc3ccc(Cl)cc3N2)[C@H]1C. The molecule has 2 aromatic rings. The van der Waals surface area contributed by atoms with E-state index in [1.807, 2.05) is 13.0 Å². The van der Waals surface area contributed by atoms with Gasteiger partial charge >= 0.3 is 0 Å². The van der Waals surface area contributed by atoms with Crippen LogP contribution >= 0.6 is 11.6 Å². The molecule has 158 valence electrons. The molecular weight excluding hydrogens is 409 g/mol. The standard InChI is InChI=1S/C22H23ClFN3O3/c1-13-17(25-20-12-30-19-9-8-14(23)11-18(19)26-20)7-4-10-27(13)22(28)15-5-3-6-16(24)21(15)29-2/h3,5-6,8-9,11,13,17H,4,7,10,12H2,1-2H3,(H,25,26)/t13-,17-/m1/s1. The van der Waals surface area contributed by atoms with Gasteiger partial charge in [0.1, 0.15) is 18.2 Å². The Bertz CT molecular complexity index is 998. The van der Waals surface area contributed by atoms with E-state index < -0.39 is 5.82 Å². The van der Waals surface area contributed by atoms with E-state index in [1.54, 1.807) is 23.1 Å². The van der Waals surface area contributed by atoms with Crippen molar-refractivity contribution in [1.29, 1.82) is 0 Å². The average molecular weight is 432 g/mol. The lowest BCUT2D eigenvalue weighted by atomic mass is 9.96. The molecule has 2 atom stereocenters. The molecule has 1 saturated heterocycles. The molecule has 2 aromatic carbocycles. The zero-order chi connectivity index (χ0) is 21.3. The van der Waals surface area contributed by atoms with Gasteiger partial charge in [-0.3, -0.25) is 9.79 Å². The highest BCUT2D eigenvalue weighted by Gasteiger charge is 2.33. The Morgan fingerprint density at radius 1 is 1.37 bits per heavy atom. The van der Waals surface area contributed by atoms with Crippen molar-refractivity contribution in [2.75, 3.05) is 25.6 Å². The molecule has 0 saturated carbocycles. The van der Waals surface area contributed by atoms with Gasteiger partial charge in [0.05, 0.1) is 30.4 Å². The first kappa shape index (κ1) is 20.5. The number of piperidine rings is 1. The van der Waals surface area contributed by atoms with Crippen molar-refractivity contribution in [2.45, 2.75) is 31.8 Å². The fourth-order valence-electron chi connectivity index (χ4n) is 3.95.